The number of rotatable bonds is 4. The molecule has 0 aromatic heterocycles. The highest BCUT2D eigenvalue weighted by atomic mass is 16.2. The number of hydrogen-bond donors (Lipinski definition) is 3. The van der Waals surface area contributed by atoms with Crippen LogP contribution in [0.25, 0.3) is 11.1 Å². The van der Waals surface area contributed by atoms with Crippen LogP contribution in [0.15, 0.2) is 78.9 Å². The van der Waals surface area contributed by atoms with Crippen molar-refractivity contribution in [3.05, 3.63) is 95.6 Å². The molecule has 1 aliphatic carbocycles. The Hall–Kier alpha value is -3.44. The minimum Gasteiger partial charge on any atom is -0.344 e. The second-order valence-electron chi connectivity index (χ2n) is 7.83. The van der Waals surface area contributed by atoms with Gasteiger partial charge in [0.1, 0.15) is 5.92 Å². The van der Waals surface area contributed by atoms with Gasteiger partial charge in [0.25, 0.3) is 0 Å². The molecule has 3 N–H and O–H groups in total. The van der Waals surface area contributed by atoms with E-state index in [0.29, 0.717) is 13.0 Å². The first-order valence-electron chi connectivity index (χ1n) is 10.3. The fraction of sp³-hybridized carbons (Fsp3) is 0.200. The summed E-state index contributed by atoms with van der Waals surface area (Å²) in [5, 5.41) is 9.36. The topological polar surface area (TPSA) is 70.2 Å². The standard InChI is InChI=1S/C25H23N3O2/c29-24-21(15-26-22(27-24)14-16-8-2-1-3-9-16)25(30)28-23-19-12-6-4-10-17(19)18-11-5-7-13-20(18)23/h1-13,21-23,26H,14-15H2,(H,27,29)(H,28,30). The molecular formula is C25H23N3O2. The summed E-state index contributed by atoms with van der Waals surface area (Å²) in [6.45, 7) is 0.325. The average Bonchev–Trinajstić information content (AvgIpc) is 3.08. The first kappa shape index (κ1) is 18.6. The van der Waals surface area contributed by atoms with Crippen molar-refractivity contribution >= 4 is 11.8 Å². The van der Waals surface area contributed by atoms with E-state index in [1.807, 2.05) is 66.7 Å². The number of fused-ring (bicyclic) bond motifs is 3. The monoisotopic (exact) mass is 397 g/mol. The third kappa shape index (κ3) is 3.37. The Morgan fingerprint density at radius 2 is 1.47 bits per heavy atom. The van der Waals surface area contributed by atoms with Crippen LogP contribution in [0.5, 0.6) is 0 Å². The van der Waals surface area contributed by atoms with Gasteiger partial charge in [0, 0.05) is 13.0 Å². The molecule has 1 heterocycles. The summed E-state index contributed by atoms with van der Waals surface area (Å²) in [6.07, 6.45) is 0.515. The highest BCUT2D eigenvalue weighted by Gasteiger charge is 2.36. The van der Waals surface area contributed by atoms with Crippen molar-refractivity contribution in [3.8, 4) is 11.1 Å². The lowest BCUT2D eigenvalue weighted by molar-refractivity contribution is -0.137. The zero-order valence-corrected chi connectivity index (χ0v) is 16.5. The Balaban J connectivity index is 1.29. The van der Waals surface area contributed by atoms with E-state index in [1.54, 1.807) is 0 Å². The Morgan fingerprint density at radius 1 is 0.867 bits per heavy atom. The van der Waals surface area contributed by atoms with Crippen LogP contribution in [-0.4, -0.2) is 24.5 Å². The summed E-state index contributed by atoms with van der Waals surface area (Å²) in [4.78, 5) is 25.7. The van der Waals surface area contributed by atoms with Gasteiger partial charge in [-0.05, 0) is 27.8 Å². The van der Waals surface area contributed by atoms with Crippen molar-refractivity contribution in [3.63, 3.8) is 0 Å². The zero-order chi connectivity index (χ0) is 20.5. The van der Waals surface area contributed by atoms with Gasteiger partial charge in [0.2, 0.25) is 11.8 Å². The predicted octanol–water partition coefficient (Wildman–Crippen LogP) is 2.78. The van der Waals surface area contributed by atoms with Crippen molar-refractivity contribution < 1.29 is 9.59 Å². The van der Waals surface area contributed by atoms with Crippen LogP contribution in [0.2, 0.25) is 0 Å². The number of amides is 2. The molecule has 2 unspecified atom stereocenters. The molecule has 3 aromatic carbocycles. The van der Waals surface area contributed by atoms with Crippen LogP contribution in [-0.2, 0) is 16.0 Å². The minimum absolute atomic E-state index is 0.170. The summed E-state index contributed by atoms with van der Waals surface area (Å²) in [7, 11) is 0. The van der Waals surface area contributed by atoms with Crippen molar-refractivity contribution in [1.29, 1.82) is 0 Å². The van der Waals surface area contributed by atoms with Gasteiger partial charge in [-0.1, -0.05) is 78.9 Å². The maximum atomic E-state index is 13.0. The Kier molecular flexibility index (Phi) is 4.81. The molecule has 5 heteroatoms. The largest absolute Gasteiger partial charge is 0.344 e. The molecule has 3 aromatic rings. The molecule has 5 nitrogen and oxygen atoms in total. The van der Waals surface area contributed by atoms with Gasteiger partial charge in [-0.3, -0.25) is 14.9 Å². The molecule has 0 saturated carbocycles. The molecule has 30 heavy (non-hydrogen) atoms. The van der Waals surface area contributed by atoms with Gasteiger partial charge in [0.15, 0.2) is 0 Å². The first-order valence-corrected chi connectivity index (χ1v) is 10.3. The molecule has 5 rings (SSSR count). The van der Waals surface area contributed by atoms with E-state index < -0.39 is 5.92 Å². The maximum Gasteiger partial charge on any atom is 0.235 e. The summed E-state index contributed by atoms with van der Waals surface area (Å²) >= 11 is 0. The van der Waals surface area contributed by atoms with Crippen LogP contribution < -0.4 is 16.0 Å². The highest BCUT2D eigenvalue weighted by Crippen LogP contribution is 2.43. The second-order valence-corrected chi connectivity index (χ2v) is 7.83. The number of nitrogens with one attached hydrogen (secondary N) is 3. The molecule has 2 atom stereocenters. The van der Waals surface area contributed by atoms with Crippen LogP contribution in [0.4, 0.5) is 0 Å². The second kappa shape index (κ2) is 7.76. The van der Waals surface area contributed by atoms with Crippen molar-refractivity contribution in [1.82, 2.24) is 16.0 Å². The lowest BCUT2D eigenvalue weighted by Gasteiger charge is -2.30. The van der Waals surface area contributed by atoms with Crippen LogP contribution in [0.1, 0.15) is 22.7 Å². The van der Waals surface area contributed by atoms with E-state index in [2.05, 4.69) is 28.1 Å². The van der Waals surface area contributed by atoms with E-state index in [0.717, 1.165) is 27.8 Å². The smallest absolute Gasteiger partial charge is 0.235 e. The maximum absolute atomic E-state index is 13.0. The van der Waals surface area contributed by atoms with Crippen molar-refractivity contribution in [2.24, 2.45) is 5.92 Å². The van der Waals surface area contributed by atoms with Gasteiger partial charge >= 0.3 is 0 Å². The molecule has 0 bridgehead atoms. The number of carbonyl (C=O) groups excluding carboxylic acids is 2. The fourth-order valence-electron chi connectivity index (χ4n) is 4.41. The molecule has 1 fully saturated rings. The SMILES string of the molecule is O=C1NC(Cc2ccccc2)NCC1C(=O)NC1c2ccccc2-c2ccccc21. The van der Waals surface area contributed by atoms with E-state index >= 15 is 0 Å². The molecule has 2 aliphatic rings. The van der Waals surface area contributed by atoms with Crippen molar-refractivity contribution in [2.75, 3.05) is 6.54 Å². The van der Waals surface area contributed by atoms with Gasteiger partial charge in [-0.15, -0.1) is 0 Å². The van der Waals surface area contributed by atoms with E-state index in [4.69, 9.17) is 0 Å². The lowest BCUT2D eigenvalue weighted by Crippen LogP contribution is -2.60. The van der Waals surface area contributed by atoms with Crippen LogP contribution >= 0.6 is 0 Å². The average molecular weight is 397 g/mol. The quantitative estimate of drug-likeness (QED) is 0.593. The lowest BCUT2D eigenvalue weighted by atomic mass is 10.00. The summed E-state index contributed by atoms with van der Waals surface area (Å²) in [5.74, 6) is -1.24. The highest BCUT2D eigenvalue weighted by molar-refractivity contribution is 6.01. The fourth-order valence-corrected chi connectivity index (χ4v) is 4.41. The van der Waals surface area contributed by atoms with E-state index in [9.17, 15) is 9.59 Å². The summed E-state index contributed by atoms with van der Waals surface area (Å²) in [5.41, 5.74) is 5.54. The molecule has 1 saturated heterocycles. The summed E-state index contributed by atoms with van der Waals surface area (Å²) < 4.78 is 0. The van der Waals surface area contributed by atoms with Gasteiger partial charge in [-0.25, -0.2) is 0 Å². The summed E-state index contributed by atoms with van der Waals surface area (Å²) in [6, 6.07) is 25.9. The number of hydrogen-bond acceptors (Lipinski definition) is 3. The van der Waals surface area contributed by atoms with Gasteiger partial charge < -0.3 is 10.6 Å². The van der Waals surface area contributed by atoms with Crippen LogP contribution in [0, 0.1) is 5.92 Å². The van der Waals surface area contributed by atoms with E-state index in [1.165, 1.54) is 0 Å². The molecule has 2 amide bonds. The zero-order valence-electron chi connectivity index (χ0n) is 16.5. The molecule has 150 valence electrons. The normalized spacial score (nSPS) is 20.2. The predicted molar refractivity (Wildman–Crippen MR) is 115 cm³/mol. The van der Waals surface area contributed by atoms with E-state index in [-0.39, 0.29) is 24.0 Å². The number of benzene rings is 3. The van der Waals surface area contributed by atoms with Gasteiger partial charge in [-0.2, -0.15) is 0 Å². The molecular weight excluding hydrogens is 374 g/mol. The third-order valence-electron chi connectivity index (χ3n) is 5.92. The van der Waals surface area contributed by atoms with Gasteiger partial charge in [0.05, 0.1) is 12.2 Å². The number of carbonyl (C=O) groups is 2. The Bertz CT molecular complexity index is 1050. The molecule has 1 aliphatic heterocycles. The molecule has 0 radical (unpaired) electrons. The molecule has 0 spiro atoms. The van der Waals surface area contributed by atoms with Crippen molar-refractivity contribution in [2.45, 2.75) is 18.6 Å². The minimum atomic E-state index is -0.753. The third-order valence-corrected chi connectivity index (χ3v) is 5.92. The first-order chi connectivity index (χ1) is 14.7. The Morgan fingerprint density at radius 3 is 2.10 bits per heavy atom. The Labute approximate surface area is 175 Å². The van der Waals surface area contributed by atoms with Crippen LogP contribution in [0.3, 0.4) is 0 Å².